The van der Waals surface area contributed by atoms with E-state index in [0.29, 0.717) is 5.69 Å². The molecule has 0 atom stereocenters. The minimum atomic E-state index is -0.534. The van der Waals surface area contributed by atoms with E-state index in [-0.39, 0.29) is 35.8 Å². The Bertz CT molecular complexity index is 559. The van der Waals surface area contributed by atoms with E-state index in [0.717, 1.165) is 25.7 Å². The van der Waals surface area contributed by atoms with Crippen molar-refractivity contribution in [1.29, 1.82) is 0 Å². The number of nitrogens with one attached hydrogen (secondary N) is 1. The van der Waals surface area contributed by atoms with Gasteiger partial charge in [0, 0.05) is 31.6 Å². The minimum Gasteiger partial charge on any atom is -0.353 e. The number of benzene rings is 1. The molecule has 0 unspecified atom stereocenters. The van der Waals surface area contributed by atoms with Crippen LogP contribution in [-0.4, -0.2) is 24.4 Å². The average molecular weight is 327 g/mol. The largest absolute Gasteiger partial charge is 0.353 e. The number of anilines is 1. The van der Waals surface area contributed by atoms with Crippen molar-refractivity contribution in [2.75, 3.05) is 11.4 Å². The summed E-state index contributed by atoms with van der Waals surface area (Å²) < 4.78 is 13.2. The van der Waals surface area contributed by atoms with Crippen LogP contribution in [0.3, 0.4) is 0 Å². The molecule has 22 heavy (non-hydrogen) atoms. The van der Waals surface area contributed by atoms with Gasteiger partial charge in [-0.1, -0.05) is 24.4 Å². The van der Waals surface area contributed by atoms with Gasteiger partial charge in [-0.2, -0.15) is 0 Å². The fourth-order valence-corrected chi connectivity index (χ4v) is 2.88. The molecule has 4 nitrogen and oxygen atoms in total. The lowest BCUT2D eigenvalue weighted by Crippen LogP contribution is -2.37. The normalized spacial score (nSPS) is 14.9. The third kappa shape index (κ3) is 4.44. The number of amides is 2. The van der Waals surface area contributed by atoms with Crippen molar-refractivity contribution in [1.82, 2.24) is 5.32 Å². The second kappa shape index (κ2) is 7.58. The first-order chi connectivity index (χ1) is 10.5. The molecule has 1 fully saturated rings. The van der Waals surface area contributed by atoms with Crippen LogP contribution in [0.2, 0.25) is 5.02 Å². The number of halogens is 2. The summed E-state index contributed by atoms with van der Waals surface area (Å²) in [5.41, 5.74) is 0.493. The van der Waals surface area contributed by atoms with Gasteiger partial charge < -0.3 is 10.2 Å². The number of carbonyl (C=O) groups excluding carboxylic acids is 2. The van der Waals surface area contributed by atoms with Crippen molar-refractivity contribution in [2.45, 2.75) is 45.1 Å². The molecule has 2 rings (SSSR count). The van der Waals surface area contributed by atoms with E-state index in [4.69, 9.17) is 11.6 Å². The van der Waals surface area contributed by atoms with Crippen molar-refractivity contribution in [2.24, 2.45) is 0 Å². The molecule has 1 saturated carbocycles. The molecule has 0 heterocycles. The first-order valence-corrected chi connectivity index (χ1v) is 7.87. The number of hydrogen-bond acceptors (Lipinski definition) is 2. The summed E-state index contributed by atoms with van der Waals surface area (Å²) in [5, 5.41) is 2.94. The first-order valence-electron chi connectivity index (χ1n) is 7.50. The molecular formula is C16H20ClFN2O2. The van der Waals surface area contributed by atoms with Crippen LogP contribution in [-0.2, 0) is 9.59 Å². The zero-order valence-electron chi connectivity index (χ0n) is 12.6. The molecule has 120 valence electrons. The van der Waals surface area contributed by atoms with Gasteiger partial charge >= 0.3 is 0 Å². The van der Waals surface area contributed by atoms with Crippen LogP contribution < -0.4 is 10.2 Å². The Morgan fingerprint density at radius 2 is 2.05 bits per heavy atom. The van der Waals surface area contributed by atoms with Crippen molar-refractivity contribution in [3.63, 3.8) is 0 Å². The molecule has 0 saturated heterocycles. The molecular weight excluding hydrogens is 307 g/mol. The molecule has 2 amide bonds. The third-order valence-corrected chi connectivity index (χ3v) is 4.17. The lowest BCUT2D eigenvalue weighted by molar-refractivity contribution is -0.121. The summed E-state index contributed by atoms with van der Waals surface area (Å²) >= 11 is 5.75. The predicted octanol–water partition coefficient (Wildman–Crippen LogP) is 3.28. The maximum Gasteiger partial charge on any atom is 0.223 e. The predicted molar refractivity (Wildman–Crippen MR) is 84.5 cm³/mol. The number of nitrogens with zero attached hydrogens (tertiary/aromatic N) is 1. The highest BCUT2D eigenvalue weighted by atomic mass is 35.5. The highest BCUT2D eigenvalue weighted by molar-refractivity contribution is 6.31. The second-order valence-electron chi connectivity index (χ2n) is 5.57. The standard InChI is InChI=1S/C16H20ClFN2O2/c1-11(21)20(13-6-7-15(18)14(17)10-13)9-8-16(22)19-12-4-2-3-5-12/h6-7,10,12H,2-5,8-9H2,1H3,(H,19,22). The Kier molecular flexibility index (Phi) is 5.77. The topological polar surface area (TPSA) is 49.4 Å². The SMILES string of the molecule is CC(=O)N(CCC(=O)NC1CCCC1)c1ccc(F)c(Cl)c1. The van der Waals surface area contributed by atoms with Gasteiger partial charge in [0.05, 0.1) is 5.02 Å². The van der Waals surface area contributed by atoms with Crippen LogP contribution >= 0.6 is 11.6 Å². The van der Waals surface area contributed by atoms with Gasteiger partial charge in [0.1, 0.15) is 5.82 Å². The molecule has 0 aromatic heterocycles. The summed E-state index contributed by atoms with van der Waals surface area (Å²) in [7, 11) is 0. The van der Waals surface area contributed by atoms with Crippen LogP contribution in [0.25, 0.3) is 0 Å². The van der Waals surface area contributed by atoms with Crippen LogP contribution in [0.1, 0.15) is 39.0 Å². The molecule has 1 aliphatic carbocycles. The Balaban J connectivity index is 1.95. The monoisotopic (exact) mass is 326 g/mol. The Hall–Kier alpha value is -1.62. The summed E-state index contributed by atoms with van der Waals surface area (Å²) in [4.78, 5) is 25.1. The average Bonchev–Trinajstić information content (AvgIpc) is 2.95. The summed E-state index contributed by atoms with van der Waals surface area (Å²) in [6.45, 7) is 1.65. The van der Waals surface area contributed by atoms with Gasteiger partial charge in [0.15, 0.2) is 0 Å². The zero-order valence-corrected chi connectivity index (χ0v) is 13.3. The fraction of sp³-hybridized carbons (Fsp3) is 0.500. The number of carbonyl (C=O) groups is 2. The van der Waals surface area contributed by atoms with E-state index in [2.05, 4.69) is 5.32 Å². The van der Waals surface area contributed by atoms with Crippen LogP contribution in [0.5, 0.6) is 0 Å². The van der Waals surface area contributed by atoms with Gasteiger partial charge in [-0.3, -0.25) is 9.59 Å². The van der Waals surface area contributed by atoms with E-state index in [1.165, 1.54) is 30.0 Å². The smallest absolute Gasteiger partial charge is 0.223 e. The molecule has 1 aromatic rings. The molecule has 0 aliphatic heterocycles. The van der Waals surface area contributed by atoms with Crippen LogP contribution in [0.15, 0.2) is 18.2 Å². The molecule has 1 aromatic carbocycles. The third-order valence-electron chi connectivity index (χ3n) is 3.88. The highest BCUT2D eigenvalue weighted by Crippen LogP contribution is 2.23. The molecule has 1 N–H and O–H groups in total. The Morgan fingerprint density at radius 3 is 2.64 bits per heavy atom. The van der Waals surface area contributed by atoms with Gasteiger partial charge in [-0.25, -0.2) is 4.39 Å². The van der Waals surface area contributed by atoms with Crippen molar-refractivity contribution >= 4 is 29.1 Å². The fourth-order valence-electron chi connectivity index (χ4n) is 2.70. The maximum absolute atomic E-state index is 13.2. The second-order valence-corrected chi connectivity index (χ2v) is 5.98. The molecule has 6 heteroatoms. The lowest BCUT2D eigenvalue weighted by atomic mass is 10.2. The quantitative estimate of drug-likeness (QED) is 0.902. The minimum absolute atomic E-state index is 0.0424. The summed E-state index contributed by atoms with van der Waals surface area (Å²) in [6, 6.07) is 4.36. The zero-order chi connectivity index (χ0) is 16.1. The van der Waals surface area contributed by atoms with Crippen molar-refractivity contribution in [3.05, 3.63) is 29.0 Å². The van der Waals surface area contributed by atoms with Gasteiger partial charge in [0.25, 0.3) is 0 Å². The van der Waals surface area contributed by atoms with Crippen LogP contribution in [0.4, 0.5) is 10.1 Å². The molecule has 0 spiro atoms. The van der Waals surface area contributed by atoms with E-state index in [9.17, 15) is 14.0 Å². The van der Waals surface area contributed by atoms with Crippen LogP contribution in [0, 0.1) is 5.82 Å². The van der Waals surface area contributed by atoms with E-state index >= 15 is 0 Å². The number of hydrogen-bond donors (Lipinski definition) is 1. The molecule has 1 aliphatic rings. The number of rotatable bonds is 5. The van der Waals surface area contributed by atoms with E-state index in [1.54, 1.807) is 0 Å². The summed E-state index contributed by atoms with van der Waals surface area (Å²) in [6.07, 6.45) is 4.56. The lowest BCUT2D eigenvalue weighted by Gasteiger charge is -2.22. The maximum atomic E-state index is 13.2. The molecule has 0 radical (unpaired) electrons. The van der Waals surface area contributed by atoms with Gasteiger partial charge in [-0.15, -0.1) is 0 Å². The molecule has 0 bridgehead atoms. The van der Waals surface area contributed by atoms with Gasteiger partial charge in [-0.05, 0) is 31.0 Å². The van der Waals surface area contributed by atoms with Gasteiger partial charge in [0.2, 0.25) is 11.8 Å². The van der Waals surface area contributed by atoms with Crippen molar-refractivity contribution in [3.8, 4) is 0 Å². The Labute approximate surface area is 134 Å². The van der Waals surface area contributed by atoms with E-state index in [1.807, 2.05) is 0 Å². The summed E-state index contributed by atoms with van der Waals surface area (Å²) in [5.74, 6) is -0.810. The highest BCUT2D eigenvalue weighted by Gasteiger charge is 2.19. The first kappa shape index (κ1) is 16.7. The Morgan fingerprint density at radius 1 is 1.36 bits per heavy atom. The van der Waals surface area contributed by atoms with E-state index < -0.39 is 5.82 Å². The van der Waals surface area contributed by atoms with Crippen molar-refractivity contribution < 1.29 is 14.0 Å².